The topological polar surface area (TPSA) is 38.3 Å². The van der Waals surface area contributed by atoms with Crippen LogP contribution in [0.1, 0.15) is 19.8 Å². The monoisotopic (exact) mass is 171 g/mol. The van der Waals surface area contributed by atoms with Gasteiger partial charge in [-0.15, -0.1) is 0 Å². The van der Waals surface area contributed by atoms with Crippen LogP contribution in [0.3, 0.4) is 0 Å². The van der Waals surface area contributed by atoms with Gasteiger partial charge in [0.25, 0.3) is 0 Å². The maximum Gasteiger partial charge on any atom is 0.308 e. The summed E-state index contributed by atoms with van der Waals surface area (Å²) < 4.78 is 4.75. The summed E-state index contributed by atoms with van der Waals surface area (Å²) in [5.41, 5.74) is 0. The van der Waals surface area contributed by atoms with Crippen LogP contribution in [0.2, 0.25) is 0 Å². The summed E-state index contributed by atoms with van der Waals surface area (Å²) in [4.78, 5) is 11.3. The fourth-order valence-corrected chi connectivity index (χ4v) is 1.70. The standard InChI is InChI=1S/C9H17NO2/c1-7-3-5-10-6-4-8(7)9(11)12-2/h7-8,10H,3-6H2,1-2H3. The highest BCUT2D eigenvalue weighted by Gasteiger charge is 2.26. The van der Waals surface area contributed by atoms with E-state index in [0.29, 0.717) is 5.92 Å². The largest absolute Gasteiger partial charge is 0.469 e. The van der Waals surface area contributed by atoms with E-state index < -0.39 is 0 Å². The minimum Gasteiger partial charge on any atom is -0.469 e. The molecule has 0 bridgehead atoms. The first-order valence-corrected chi connectivity index (χ1v) is 4.54. The molecule has 0 aliphatic carbocycles. The molecule has 0 radical (unpaired) electrons. The van der Waals surface area contributed by atoms with Gasteiger partial charge in [0.2, 0.25) is 0 Å². The second-order valence-corrected chi connectivity index (χ2v) is 3.43. The van der Waals surface area contributed by atoms with Crippen LogP contribution >= 0.6 is 0 Å². The van der Waals surface area contributed by atoms with E-state index in [9.17, 15) is 4.79 Å². The number of hydrogen-bond acceptors (Lipinski definition) is 3. The normalized spacial score (nSPS) is 30.8. The van der Waals surface area contributed by atoms with Gasteiger partial charge in [-0.1, -0.05) is 6.92 Å². The van der Waals surface area contributed by atoms with Crippen molar-refractivity contribution in [2.45, 2.75) is 19.8 Å². The molecule has 0 aromatic carbocycles. The summed E-state index contributed by atoms with van der Waals surface area (Å²) >= 11 is 0. The zero-order valence-corrected chi connectivity index (χ0v) is 7.80. The summed E-state index contributed by atoms with van der Waals surface area (Å²) in [6.45, 7) is 4.08. The lowest BCUT2D eigenvalue weighted by Gasteiger charge is -2.17. The Morgan fingerprint density at radius 1 is 1.42 bits per heavy atom. The van der Waals surface area contributed by atoms with Crippen LogP contribution in [0.5, 0.6) is 0 Å². The minimum absolute atomic E-state index is 0.0498. The van der Waals surface area contributed by atoms with Gasteiger partial charge < -0.3 is 10.1 Å². The maximum absolute atomic E-state index is 11.3. The van der Waals surface area contributed by atoms with E-state index in [1.54, 1.807) is 0 Å². The van der Waals surface area contributed by atoms with Crippen molar-refractivity contribution in [3.05, 3.63) is 0 Å². The highest BCUT2D eigenvalue weighted by molar-refractivity contribution is 5.72. The fraction of sp³-hybridized carbons (Fsp3) is 0.889. The third-order valence-electron chi connectivity index (χ3n) is 2.60. The van der Waals surface area contributed by atoms with E-state index in [-0.39, 0.29) is 11.9 Å². The van der Waals surface area contributed by atoms with E-state index >= 15 is 0 Å². The molecular weight excluding hydrogens is 154 g/mol. The van der Waals surface area contributed by atoms with E-state index in [2.05, 4.69) is 12.2 Å². The molecule has 1 fully saturated rings. The van der Waals surface area contributed by atoms with Gasteiger partial charge in [0.05, 0.1) is 13.0 Å². The molecule has 1 aliphatic heterocycles. The van der Waals surface area contributed by atoms with Crippen LogP contribution in [-0.2, 0) is 9.53 Å². The van der Waals surface area contributed by atoms with E-state index in [1.807, 2.05) is 0 Å². The second kappa shape index (κ2) is 4.45. The van der Waals surface area contributed by atoms with E-state index in [4.69, 9.17) is 4.74 Å². The third-order valence-corrected chi connectivity index (χ3v) is 2.60. The molecule has 0 aromatic rings. The lowest BCUT2D eigenvalue weighted by atomic mass is 9.90. The van der Waals surface area contributed by atoms with Crippen molar-refractivity contribution in [3.63, 3.8) is 0 Å². The lowest BCUT2D eigenvalue weighted by Crippen LogP contribution is -2.23. The van der Waals surface area contributed by atoms with Crippen molar-refractivity contribution >= 4 is 5.97 Å². The second-order valence-electron chi connectivity index (χ2n) is 3.43. The molecular formula is C9H17NO2. The molecule has 0 saturated carbocycles. The van der Waals surface area contributed by atoms with Crippen molar-refractivity contribution in [1.82, 2.24) is 5.32 Å². The SMILES string of the molecule is COC(=O)C1CCNCCC1C. The molecule has 2 unspecified atom stereocenters. The summed E-state index contributed by atoms with van der Waals surface area (Å²) in [6.07, 6.45) is 1.98. The summed E-state index contributed by atoms with van der Waals surface area (Å²) in [7, 11) is 1.47. The average molecular weight is 171 g/mol. The molecule has 1 rings (SSSR count). The Bertz CT molecular complexity index is 159. The Kier molecular flexibility index (Phi) is 3.53. The molecule has 70 valence electrons. The van der Waals surface area contributed by atoms with E-state index in [0.717, 1.165) is 25.9 Å². The van der Waals surface area contributed by atoms with Crippen molar-refractivity contribution < 1.29 is 9.53 Å². The van der Waals surface area contributed by atoms with Crippen LogP contribution in [0.4, 0.5) is 0 Å². The molecule has 1 N–H and O–H groups in total. The van der Waals surface area contributed by atoms with Crippen molar-refractivity contribution in [2.75, 3.05) is 20.2 Å². The smallest absolute Gasteiger partial charge is 0.308 e. The van der Waals surface area contributed by atoms with Crippen LogP contribution in [0.25, 0.3) is 0 Å². The Morgan fingerprint density at radius 2 is 2.08 bits per heavy atom. The van der Waals surface area contributed by atoms with Crippen LogP contribution in [0.15, 0.2) is 0 Å². The summed E-state index contributed by atoms with van der Waals surface area (Å²) in [5, 5.41) is 3.28. The van der Waals surface area contributed by atoms with Gasteiger partial charge in [0.15, 0.2) is 0 Å². The van der Waals surface area contributed by atoms with Gasteiger partial charge >= 0.3 is 5.97 Å². The molecule has 0 amide bonds. The van der Waals surface area contributed by atoms with Crippen molar-refractivity contribution in [1.29, 1.82) is 0 Å². The minimum atomic E-state index is -0.0498. The zero-order valence-electron chi connectivity index (χ0n) is 7.80. The maximum atomic E-state index is 11.3. The predicted molar refractivity (Wildman–Crippen MR) is 46.8 cm³/mol. The van der Waals surface area contributed by atoms with Crippen LogP contribution in [0, 0.1) is 11.8 Å². The average Bonchev–Trinajstić information content (AvgIpc) is 2.28. The van der Waals surface area contributed by atoms with Gasteiger partial charge in [-0.05, 0) is 31.8 Å². The molecule has 3 heteroatoms. The third kappa shape index (κ3) is 2.21. The first-order valence-electron chi connectivity index (χ1n) is 4.54. The summed E-state index contributed by atoms with van der Waals surface area (Å²) in [6, 6.07) is 0. The first-order chi connectivity index (χ1) is 5.75. The van der Waals surface area contributed by atoms with Crippen LogP contribution < -0.4 is 5.32 Å². The number of methoxy groups -OCH3 is 1. The molecule has 12 heavy (non-hydrogen) atoms. The molecule has 1 aliphatic rings. The summed E-state index contributed by atoms with van der Waals surface area (Å²) in [5.74, 6) is 0.503. The van der Waals surface area contributed by atoms with Crippen molar-refractivity contribution in [3.8, 4) is 0 Å². The lowest BCUT2D eigenvalue weighted by molar-refractivity contribution is -0.147. The van der Waals surface area contributed by atoms with Gasteiger partial charge in [-0.2, -0.15) is 0 Å². The Hall–Kier alpha value is -0.570. The molecule has 1 heterocycles. The van der Waals surface area contributed by atoms with Crippen molar-refractivity contribution in [2.24, 2.45) is 11.8 Å². The number of rotatable bonds is 1. The van der Waals surface area contributed by atoms with Gasteiger partial charge in [0, 0.05) is 0 Å². The number of carbonyl (C=O) groups excluding carboxylic acids is 1. The van der Waals surface area contributed by atoms with Gasteiger partial charge in [-0.25, -0.2) is 0 Å². The number of hydrogen-bond donors (Lipinski definition) is 1. The number of carbonyl (C=O) groups is 1. The molecule has 3 nitrogen and oxygen atoms in total. The molecule has 0 spiro atoms. The Balaban J connectivity index is 2.52. The molecule has 2 atom stereocenters. The highest BCUT2D eigenvalue weighted by Crippen LogP contribution is 2.21. The predicted octanol–water partition coefficient (Wildman–Crippen LogP) is 0.795. The number of esters is 1. The number of nitrogens with one attached hydrogen (secondary N) is 1. The fourth-order valence-electron chi connectivity index (χ4n) is 1.70. The number of ether oxygens (including phenoxy) is 1. The molecule has 1 saturated heterocycles. The quantitative estimate of drug-likeness (QED) is 0.593. The van der Waals surface area contributed by atoms with Crippen LogP contribution in [-0.4, -0.2) is 26.2 Å². The Morgan fingerprint density at radius 3 is 2.75 bits per heavy atom. The highest BCUT2D eigenvalue weighted by atomic mass is 16.5. The zero-order chi connectivity index (χ0) is 8.97. The first kappa shape index (κ1) is 9.52. The molecule has 0 aromatic heterocycles. The Labute approximate surface area is 73.5 Å². The van der Waals surface area contributed by atoms with E-state index in [1.165, 1.54) is 7.11 Å². The van der Waals surface area contributed by atoms with Gasteiger partial charge in [0.1, 0.15) is 0 Å². The van der Waals surface area contributed by atoms with Gasteiger partial charge in [-0.3, -0.25) is 4.79 Å².